The zero-order valence-corrected chi connectivity index (χ0v) is 7.54. The Balaban J connectivity index is 2.70. The van der Waals surface area contributed by atoms with Crippen LogP contribution in [0.4, 0.5) is 4.79 Å². The molecule has 0 atom stereocenters. The number of nitrogens with zero attached hydrogens (tertiary/aromatic N) is 2. The Morgan fingerprint density at radius 3 is 2.13 bits per heavy atom. The Bertz CT molecular complexity index is 338. The zero-order valence-electron chi connectivity index (χ0n) is 7.54. The van der Waals surface area contributed by atoms with Gasteiger partial charge >= 0.3 is 18.0 Å². The number of rotatable bonds is 4. The van der Waals surface area contributed by atoms with Crippen molar-refractivity contribution in [3.05, 3.63) is 0 Å². The van der Waals surface area contributed by atoms with Gasteiger partial charge in [0.1, 0.15) is 19.6 Å². The number of urea groups is 1. The van der Waals surface area contributed by atoms with Crippen LogP contribution in [0.25, 0.3) is 0 Å². The van der Waals surface area contributed by atoms with Gasteiger partial charge in [0.25, 0.3) is 5.91 Å². The minimum Gasteiger partial charge on any atom is -0.480 e. The molecule has 15 heavy (non-hydrogen) atoms. The van der Waals surface area contributed by atoms with E-state index in [1.54, 1.807) is 0 Å². The molecular weight excluding hydrogens is 208 g/mol. The number of aliphatic carboxylic acids is 2. The fourth-order valence-electron chi connectivity index (χ4n) is 1.17. The van der Waals surface area contributed by atoms with Crippen LogP contribution in [0.15, 0.2) is 0 Å². The van der Waals surface area contributed by atoms with Crippen molar-refractivity contribution in [1.82, 2.24) is 9.80 Å². The lowest BCUT2D eigenvalue weighted by atomic mass is 10.5. The number of imide groups is 1. The van der Waals surface area contributed by atoms with E-state index in [-0.39, 0.29) is 0 Å². The number of carboxylic acid groups (broad SMARTS) is 2. The normalized spacial score (nSPS) is 16.0. The van der Waals surface area contributed by atoms with Gasteiger partial charge < -0.3 is 15.1 Å². The standard InChI is InChI=1S/C7H8N2O6/c10-4-1-8(2-5(11)12)7(15)9(4)3-6(13)14/h1-3H2,(H,11,12)(H,13,14). The molecule has 0 aliphatic carbocycles. The van der Waals surface area contributed by atoms with Crippen molar-refractivity contribution in [3.63, 3.8) is 0 Å². The smallest absolute Gasteiger partial charge is 0.328 e. The summed E-state index contributed by atoms with van der Waals surface area (Å²) in [6, 6.07) is -0.884. The minimum absolute atomic E-state index is 0.390. The number of carbonyl (C=O) groups is 4. The van der Waals surface area contributed by atoms with E-state index in [9.17, 15) is 19.2 Å². The van der Waals surface area contributed by atoms with Crippen LogP contribution < -0.4 is 0 Å². The summed E-state index contributed by atoms with van der Waals surface area (Å²) in [6.45, 7) is -1.74. The van der Waals surface area contributed by atoms with E-state index >= 15 is 0 Å². The van der Waals surface area contributed by atoms with E-state index in [0.717, 1.165) is 4.90 Å². The maximum atomic E-state index is 11.3. The molecule has 0 bridgehead atoms. The summed E-state index contributed by atoms with van der Waals surface area (Å²) in [5.74, 6) is -3.29. The van der Waals surface area contributed by atoms with Crippen molar-refractivity contribution in [2.75, 3.05) is 19.6 Å². The molecule has 82 valence electrons. The highest BCUT2D eigenvalue weighted by atomic mass is 16.4. The van der Waals surface area contributed by atoms with Gasteiger partial charge in [-0.3, -0.25) is 19.3 Å². The summed E-state index contributed by atoms with van der Waals surface area (Å²) < 4.78 is 0. The largest absolute Gasteiger partial charge is 0.480 e. The lowest BCUT2D eigenvalue weighted by Gasteiger charge is -2.13. The Labute approximate surface area is 83.7 Å². The van der Waals surface area contributed by atoms with Gasteiger partial charge in [0.2, 0.25) is 0 Å². The Morgan fingerprint density at radius 2 is 1.67 bits per heavy atom. The molecule has 0 aromatic heterocycles. The van der Waals surface area contributed by atoms with Crippen molar-refractivity contribution >= 4 is 23.9 Å². The van der Waals surface area contributed by atoms with Gasteiger partial charge in [-0.25, -0.2) is 4.79 Å². The van der Waals surface area contributed by atoms with Crippen LogP contribution in [0.2, 0.25) is 0 Å². The molecule has 1 saturated heterocycles. The fraction of sp³-hybridized carbons (Fsp3) is 0.429. The van der Waals surface area contributed by atoms with Crippen molar-refractivity contribution in [3.8, 4) is 0 Å². The average Bonchev–Trinajstić information content (AvgIpc) is 2.31. The summed E-state index contributed by atoms with van der Waals surface area (Å²) in [6.07, 6.45) is 0. The molecular formula is C7H8N2O6. The minimum atomic E-state index is -1.33. The molecule has 8 heteroatoms. The summed E-state index contributed by atoms with van der Waals surface area (Å²) in [5.41, 5.74) is 0. The molecule has 0 radical (unpaired) electrons. The molecule has 0 spiro atoms. The molecule has 3 amide bonds. The van der Waals surface area contributed by atoms with E-state index in [1.165, 1.54) is 0 Å². The third-order valence-corrected chi connectivity index (χ3v) is 1.75. The lowest BCUT2D eigenvalue weighted by Crippen LogP contribution is -2.38. The van der Waals surface area contributed by atoms with E-state index in [0.29, 0.717) is 4.90 Å². The van der Waals surface area contributed by atoms with Crippen molar-refractivity contribution in [2.45, 2.75) is 0 Å². The number of carbonyl (C=O) groups excluding carboxylic acids is 2. The van der Waals surface area contributed by atoms with Crippen LogP contribution in [0.1, 0.15) is 0 Å². The summed E-state index contributed by atoms with van der Waals surface area (Å²) >= 11 is 0. The molecule has 0 aromatic carbocycles. The molecule has 1 rings (SSSR count). The third-order valence-electron chi connectivity index (χ3n) is 1.75. The van der Waals surface area contributed by atoms with E-state index in [4.69, 9.17) is 10.2 Å². The Morgan fingerprint density at radius 1 is 1.13 bits per heavy atom. The fourth-order valence-corrected chi connectivity index (χ4v) is 1.17. The highest BCUT2D eigenvalue weighted by Gasteiger charge is 2.37. The second kappa shape index (κ2) is 3.95. The summed E-state index contributed by atoms with van der Waals surface area (Å²) in [4.78, 5) is 44.3. The molecule has 0 unspecified atom stereocenters. The predicted octanol–water partition coefficient (Wildman–Crippen LogP) is -1.58. The molecule has 0 saturated carbocycles. The van der Waals surface area contributed by atoms with Gasteiger partial charge in [-0.1, -0.05) is 0 Å². The molecule has 1 heterocycles. The first-order valence-corrected chi connectivity index (χ1v) is 3.94. The second-order valence-electron chi connectivity index (χ2n) is 2.91. The number of hydrogen-bond acceptors (Lipinski definition) is 4. The van der Waals surface area contributed by atoms with Gasteiger partial charge in [-0.2, -0.15) is 0 Å². The van der Waals surface area contributed by atoms with Gasteiger partial charge in [0.05, 0.1) is 0 Å². The van der Waals surface area contributed by atoms with Crippen LogP contribution in [0.3, 0.4) is 0 Å². The number of amides is 3. The molecule has 1 aliphatic rings. The van der Waals surface area contributed by atoms with Crippen LogP contribution in [0.5, 0.6) is 0 Å². The first-order valence-electron chi connectivity index (χ1n) is 3.94. The van der Waals surface area contributed by atoms with Crippen LogP contribution in [0, 0.1) is 0 Å². The molecule has 2 N–H and O–H groups in total. The topological polar surface area (TPSA) is 115 Å². The van der Waals surface area contributed by atoms with Gasteiger partial charge in [0.15, 0.2) is 0 Å². The van der Waals surface area contributed by atoms with E-state index in [2.05, 4.69) is 0 Å². The quantitative estimate of drug-likeness (QED) is 0.548. The third kappa shape index (κ3) is 2.42. The molecule has 1 aliphatic heterocycles. The lowest BCUT2D eigenvalue weighted by molar-refractivity contribution is -0.141. The van der Waals surface area contributed by atoms with Crippen LogP contribution in [-0.2, 0) is 14.4 Å². The molecule has 1 fully saturated rings. The predicted molar refractivity (Wildman–Crippen MR) is 44.0 cm³/mol. The highest BCUT2D eigenvalue weighted by Crippen LogP contribution is 2.09. The monoisotopic (exact) mass is 216 g/mol. The SMILES string of the molecule is O=C(O)CN1CC(=O)N(CC(=O)O)C1=O. The van der Waals surface area contributed by atoms with Gasteiger partial charge in [-0.15, -0.1) is 0 Å². The number of carboxylic acids is 2. The highest BCUT2D eigenvalue weighted by molar-refractivity contribution is 6.04. The second-order valence-corrected chi connectivity index (χ2v) is 2.91. The number of hydrogen-bond donors (Lipinski definition) is 2. The Hall–Kier alpha value is -2.12. The first kappa shape index (κ1) is 11.0. The summed E-state index contributed by atoms with van der Waals surface area (Å²) in [7, 11) is 0. The van der Waals surface area contributed by atoms with Crippen molar-refractivity contribution in [1.29, 1.82) is 0 Å². The van der Waals surface area contributed by atoms with E-state index in [1.807, 2.05) is 0 Å². The summed E-state index contributed by atoms with van der Waals surface area (Å²) in [5, 5.41) is 16.8. The maximum absolute atomic E-state index is 11.3. The van der Waals surface area contributed by atoms with Crippen molar-refractivity contribution in [2.24, 2.45) is 0 Å². The van der Waals surface area contributed by atoms with Crippen LogP contribution in [-0.4, -0.2) is 63.5 Å². The average molecular weight is 216 g/mol. The van der Waals surface area contributed by atoms with Gasteiger partial charge in [-0.05, 0) is 0 Å². The molecule has 0 aromatic rings. The van der Waals surface area contributed by atoms with Gasteiger partial charge in [0, 0.05) is 0 Å². The van der Waals surface area contributed by atoms with Crippen molar-refractivity contribution < 1.29 is 29.4 Å². The van der Waals surface area contributed by atoms with Crippen LogP contribution >= 0.6 is 0 Å². The van der Waals surface area contributed by atoms with E-state index < -0.39 is 43.5 Å². The maximum Gasteiger partial charge on any atom is 0.328 e. The Kier molecular flexibility index (Phi) is 2.88. The first-order chi connectivity index (χ1) is 6.91. The zero-order chi connectivity index (χ0) is 11.6. The molecule has 8 nitrogen and oxygen atoms in total.